The number of hydrogen-bond acceptors (Lipinski definition) is 5. The van der Waals surface area contributed by atoms with Gasteiger partial charge in [-0.05, 0) is 48.9 Å². The van der Waals surface area contributed by atoms with Gasteiger partial charge >= 0.3 is 0 Å². The number of aromatic nitrogens is 4. The number of ether oxygens (including phenoxy) is 1. The number of tetrazole rings is 1. The van der Waals surface area contributed by atoms with E-state index in [4.69, 9.17) is 4.74 Å². The summed E-state index contributed by atoms with van der Waals surface area (Å²) in [5.41, 5.74) is 0.648. The number of benzene rings is 1. The first-order valence-corrected chi connectivity index (χ1v) is 8.55. The fraction of sp³-hybridized carbons (Fsp3) is 0.529. The number of nitrogens with one attached hydrogen (secondary N) is 1. The van der Waals surface area contributed by atoms with Crippen LogP contribution in [-0.2, 0) is 11.3 Å². The van der Waals surface area contributed by atoms with E-state index in [2.05, 4.69) is 20.7 Å². The number of carbonyl (C=O) groups excluding carboxylic acids is 1. The molecule has 1 saturated heterocycles. The van der Waals surface area contributed by atoms with E-state index in [1.165, 1.54) is 0 Å². The summed E-state index contributed by atoms with van der Waals surface area (Å²) in [4.78, 5) is 14.0. The molecule has 126 valence electrons. The van der Waals surface area contributed by atoms with Gasteiger partial charge < -0.3 is 10.1 Å². The summed E-state index contributed by atoms with van der Waals surface area (Å²) in [5.74, 6) is 0.904. The van der Waals surface area contributed by atoms with Crippen molar-refractivity contribution in [3.63, 3.8) is 0 Å². The predicted molar refractivity (Wildman–Crippen MR) is 86.2 cm³/mol. The molecule has 0 radical (unpaired) electrons. The van der Waals surface area contributed by atoms with Gasteiger partial charge in [-0.2, -0.15) is 4.80 Å². The fourth-order valence-corrected chi connectivity index (χ4v) is 3.06. The average molecular weight is 327 g/mol. The van der Waals surface area contributed by atoms with Crippen LogP contribution < -0.4 is 5.32 Å². The van der Waals surface area contributed by atoms with Gasteiger partial charge in [0.15, 0.2) is 5.82 Å². The van der Waals surface area contributed by atoms with E-state index in [1.807, 2.05) is 18.2 Å². The summed E-state index contributed by atoms with van der Waals surface area (Å²) in [6.07, 6.45) is 4.46. The summed E-state index contributed by atoms with van der Waals surface area (Å²) >= 11 is 0. The van der Waals surface area contributed by atoms with Crippen molar-refractivity contribution in [3.8, 4) is 0 Å². The van der Waals surface area contributed by atoms with Gasteiger partial charge in [-0.3, -0.25) is 4.79 Å². The second kappa shape index (κ2) is 6.68. The molecule has 0 bridgehead atoms. The van der Waals surface area contributed by atoms with Gasteiger partial charge in [-0.1, -0.05) is 18.2 Å². The van der Waals surface area contributed by atoms with Crippen LogP contribution in [0.1, 0.15) is 47.9 Å². The van der Waals surface area contributed by atoms with Crippen molar-refractivity contribution in [2.75, 3.05) is 6.61 Å². The van der Waals surface area contributed by atoms with Crippen molar-refractivity contribution in [3.05, 3.63) is 41.7 Å². The van der Waals surface area contributed by atoms with Crippen LogP contribution in [0, 0.1) is 5.92 Å². The van der Waals surface area contributed by atoms with Crippen LogP contribution in [0.25, 0.3) is 0 Å². The Morgan fingerprint density at radius 1 is 1.29 bits per heavy atom. The first-order chi connectivity index (χ1) is 11.8. The summed E-state index contributed by atoms with van der Waals surface area (Å²) < 4.78 is 5.61. The molecule has 1 amide bonds. The van der Waals surface area contributed by atoms with Crippen molar-refractivity contribution >= 4 is 5.91 Å². The van der Waals surface area contributed by atoms with Crippen LogP contribution in [0.2, 0.25) is 0 Å². The van der Waals surface area contributed by atoms with Crippen LogP contribution in [0.4, 0.5) is 0 Å². The standard InChI is InChI=1S/C17H21N5O2/c23-17(13-5-2-1-3-6-13)18-15(12-8-9-12)16-19-21-22(20-16)11-14-7-4-10-24-14/h1-3,5-6,12,14-15H,4,7-11H2,(H,18,23)/t14-,15+/m0/s1. The molecule has 1 aromatic heterocycles. The molecule has 2 atom stereocenters. The molecule has 7 heteroatoms. The fourth-order valence-electron chi connectivity index (χ4n) is 3.06. The first kappa shape index (κ1) is 15.3. The van der Waals surface area contributed by atoms with E-state index < -0.39 is 0 Å². The lowest BCUT2D eigenvalue weighted by Gasteiger charge is -2.14. The van der Waals surface area contributed by atoms with Crippen molar-refractivity contribution in [1.82, 2.24) is 25.5 Å². The molecule has 1 aliphatic carbocycles. The molecule has 0 unspecified atom stereocenters. The molecule has 1 saturated carbocycles. The zero-order chi connectivity index (χ0) is 16.4. The Balaban J connectivity index is 1.45. The third kappa shape index (κ3) is 3.46. The lowest BCUT2D eigenvalue weighted by atomic mass is 10.1. The Labute approximate surface area is 140 Å². The van der Waals surface area contributed by atoms with Crippen molar-refractivity contribution in [2.24, 2.45) is 5.92 Å². The van der Waals surface area contributed by atoms with Gasteiger partial charge in [-0.25, -0.2) is 0 Å². The zero-order valence-electron chi connectivity index (χ0n) is 13.5. The maximum absolute atomic E-state index is 12.4. The molecule has 2 aromatic rings. The van der Waals surface area contributed by atoms with Crippen LogP contribution in [-0.4, -0.2) is 38.8 Å². The molecule has 1 N–H and O–H groups in total. The molecule has 2 heterocycles. The van der Waals surface area contributed by atoms with Gasteiger partial charge in [0.2, 0.25) is 0 Å². The Kier molecular flexibility index (Phi) is 4.25. The minimum atomic E-state index is -0.170. The van der Waals surface area contributed by atoms with Gasteiger partial charge in [0, 0.05) is 12.2 Å². The van der Waals surface area contributed by atoms with E-state index in [1.54, 1.807) is 16.9 Å². The average Bonchev–Trinajstić information content (AvgIpc) is 3.13. The molecule has 7 nitrogen and oxygen atoms in total. The number of nitrogens with zero attached hydrogens (tertiary/aromatic N) is 4. The minimum absolute atomic E-state index is 0.0945. The quantitative estimate of drug-likeness (QED) is 0.874. The summed E-state index contributed by atoms with van der Waals surface area (Å²) in [6.45, 7) is 1.43. The van der Waals surface area contributed by atoms with Crippen LogP contribution in [0.15, 0.2) is 30.3 Å². The van der Waals surface area contributed by atoms with E-state index in [9.17, 15) is 4.79 Å². The van der Waals surface area contributed by atoms with Gasteiger partial charge in [0.1, 0.15) is 0 Å². The molecular weight excluding hydrogens is 306 g/mol. The highest BCUT2D eigenvalue weighted by atomic mass is 16.5. The third-order valence-electron chi connectivity index (χ3n) is 4.55. The number of amides is 1. The Hall–Kier alpha value is -2.28. The molecule has 2 aliphatic rings. The monoisotopic (exact) mass is 327 g/mol. The molecule has 0 spiro atoms. The van der Waals surface area contributed by atoms with E-state index in [-0.39, 0.29) is 18.1 Å². The van der Waals surface area contributed by atoms with E-state index in [0.29, 0.717) is 23.9 Å². The molecule has 2 fully saturated rings. The Morgan fingerprint density at radius 3 is 2.83 bits per heavy atom. The second-order valence-electron chi connectivity index (χ2n) is 6.49. The Morgan fingerprint density at radius 2 is 2.12 bits per heavy atom. The maximum atomic E-state index is 12.4. The molecule has 4 rings (SSSR count). The minimum Gasteiger partial charge on any atom is -0.376 e. The number of carbonyl (C=O) groups is 1. The van der Waals surface area contributed by atoms with Crippen molar-refractivity contribution in [1.29, 1.82) is 0 Å². The van der Waals surface area contributed by atoms with Crippen molar-refractivity contribution < 1.29 is 9.53 Å². The molecule has 1 aliphatic heterocycles. The van der Waals surface area contributed by atoms with Gasteiger partial charge in [-0.15, -0.1) is 10.2 Å². The van der Waals surface area contributed by atoms with Gasteiger partial charge in [0.05, 0.1) is 18.7 Å². The highest BCUT2D eigenvalue weighted by Crippen LogP contribution is 2.39. The molecule has 1 aromatic carbocycles. The van der Waals surface area contributed by atoms with Crippen LogP contribution in [0.3, 0.4) is 0 Å². The molecular formula is C17H21N5O2. The second-order valence-corrected chi connectivity index (χ2v) is 6.49. The Bertz CT molecular complexity index is 692. The normalized spacial score (nSPS) is 21.6. The van der Waals surface area contributed by atoms with Crippen LogP contribution in [0.5, 0.6) is 0 Å². The maximum Gasteiger partial charge on any atom is 0.251 e. The van der Waals surface area contributed by atoms with E-state index >= 15 is 0 Å². The SMILES string of the molecule is O=C(N[C@@H](c1nnn(C[C@@H]2CCCO2)n1)C1CC1)c1ccccc1. The van der Waals surface area contributed by atoms with Crippen LogP contribution >= 0.6 is 0 Å². The first-order valence-electron chi connectivity index (χ1n) is 8.55. The third-order valence-corrected chi connectivity index (χ3v) is 4.55. The molecule has 24 heavy (non-hydrogen) atoms. The largest absolute Gasteiger partial charge is 0.376 e. The number of rotatable bonds is 6. The number of hydrogen-bond donors (Lipinski definition) is 1. The van der Waals surface area contributed by atoms with E-state index in [0.717, 1.165) is 32.3 Å². The highest BCUT2D eigenvalue weighted by molar-refractivity contribution is 5.94. The van der Waals surface area contributed by atoms with Crippen molar-refractivity contribution in [2.45, 2.75) is 44.4 Å². The summed E-state index contributed by atoms with van der Waals surface area (Å²) in [7, 11) is 0. The zero-order valence-corrected chi connectivity index (χ0v) is 13.5. The smallest absolute Gasteiger partial charge is 0.251 e. The topological polar surface area (TPSA) is 81.9 Å². The van der Waals surface area contributed by atoms with Gasteiger partial charge in [0.25, 0.3) is 5.91 Å². The summed E-state index contributed by atoms with van der Waals surface area (Å²) in [6, 6.07) is 9.06. The lowest BCUT2D eigenvalue weighted by molar-refractivity contribution is 0.0892. The highest BCUT2D eigenvalue weighted by Gasteiger charge is 2.36. The summed E-state index contributed by atoms with van der Waals surface area (Å²) in [5, 5.41) is 15.9. The predicted octanol–water partition coefficient (Wildman–Crippen LogP) is 1.73. The lowest BCUT2D eigenvalue weighted by Crippen LogP contribution is -2.30.